The second-order valence-electron chi connectivity index (χ2n) is 2.42. The second-order valence-corrected chi connectivity index (χ2v) is 3.41. The van der Waals surface area contributed by atoms with Crippen molar-refractivity contribution in [3.05, 3.63) is 0 Å². The monoisotopic (exact) mass is 176 g/mol. The molecule has 0 fully saturated rings. The standard InChI is InChI=1S/C8H16O2S/c1-10-7-8(9)5-3-4-6-11-2/h3-7H2,1-2H3. The molecule has 0 saturated carbocycles. The van der Waals surface area contributed by atoms with Gasteiger partial charge >= 0.3 is 0 Å². The Bertz CT molecular complexity index is 104. The Hall–Kier alpha value is -0.0200. The highest BCUT2D eigenvalue weighted by atomic mass is 32.2. The van der Waals surface area contributed by atoms with Crippen molar-refractivity contribution in [2.75, 3.05) is 25.7 Å². The molecule has 0 heterocycles. The van der Waals surface area contributed by atoms with Crippen molar-refractivity contribution in [1.82, 2.24) is 0 Å². The average molecular weight is 176 g/mol. The normalized spacial score (nSPS) is 10.0. The highest BCUT2D eigenvalue weighted by Gasteiger charge is 1.99. The van der Waals surface area contributed by atoms with Crippen LogP contribution in [0.15, 0.2) is 0 Å². The number of Topliss-reactive ketones (excluding diaryl/α,β-unsaturated/α-hetero) is 1. The summed E-state index contributed by atoms with van der Waals surface area (Å²) < 4.78 is 4.71. The van der Waals surface area contributed by atoms with Gasteiger partial charge in [0, 0.05) is 13.5 Å². The minimum Gasteiger partial charge on any atom is -0.377 e. The van der Waals surface area contributed by atoms with Crippen molar-refractivity contribution in [2.45, 2.75) is 19.3 Å². The van der Waals surface area contributed by atoms with Crippen LogP contribution < -0.4 is 0 Å². The van der Waals surface area contributed by atoms with E-state index in [1.54, 1.807) is 7.11 Å². The molecule has 0 amide bonds. The molecule has 0 spiro atoms. The zero-order chi connectivity index (χ0) is 8.53. The Morgan fingerprint density at radius 1 is 1.45 bits per heavy atom. The molecule has 0 rings (SSSR count). The van der Waals surface area contributed by atoms with Gasteiger partial charge in [0.2, 0.25) is 0 Å². The van der Waals surface area contributed by atoms with E-state index in [0.717, 1.165) is 18.6 Å². The average Bonchev–Trinajstić information content (AvgIpc) is 1.99. The first kappa shape index (κ1) is 11.0. The van der Waals surface area contributed by atoms with Crippen molar-refractivity contribution >= 4 is 17.5 Å². The topological polar surface area (TPSA) is 26.3 Å². The van der Waals surface area contributed by atoms with Gasteiger partial charge in [0.1, 0.15) is 6.61 Å². The molecule has 0 aliphatic carbocycles. The summed E-state index contributed by atoms with van der Waals surface area (Å²) in [5, 5.41) is 0. The number of ketones is 1. The zero-order valence-corrected chi connectivity index (χ0v) is 8.08. The Balaban J connectivity index is 3.04. The minimum atomic E-state index is 0.216. The van der Waals surface area contributed by atoms with Gasteiger partial charge in [0.15, 0.2) is 5.78 Å². The molecule has 3 heteroatoms. The van der Waals surface area contributed by atoms with Crippen molar-refractivity contribution in [3.8, 4) is 0 Å². The van der Waals surface area contributed by atoms with Crippen LogP contribution in [0.1, 0.15) is 19.3 Å². The summed E-state index contributed by atoms with van der Waals surface area (Å²) in [6.45, 7) is 0.277. The van der Waals surface area contributed by atoms with E-state index in [0.29, 0.717) is 6.42 Å². The lowest BCUT2D eigenvalue weighted by Gasteiger charge is -1.98. The van der Waals surface area contributed by atoms with Crippen LogP contribution in [0.2, 0.25) is 0 Å². The fourth-order valence-electron chi connectivity index (χ4n) is 0.802. The molecule has 0 N–H and O–H groups in total. The minimum absolute atomic E-state index is 0.216. The molecule has 0 radical (unpaired) electrons. The molecule has 0 aromatic rings. The van der Waals surface area contributed by atoms with Gasteiger partial charge < -0.3 is 4.74 Å². The van der Waals surface area contributed by atoms with E-state index >= 15 is 0 Å². The van der Waals surface area contributed by atoms with E-state index in [1.165, 1.54) is 0 Å². The van der Waals surface area contributed by atoms with Crippen LogP contribution >= 0.6 is 11.8 Å². The van der Waals surface area contributed by atoms with Crippen LogP contribution in [0.3, 0.4) is 0 Å². The zero-order valence-electron chi connectivity index (χ0n) is 7.26. The quantitative estimate of drug-likeness (QED) is 0.553. The van der Waals surface area contributed by atoms with Crippen LogP contribution in [0.25, 0.3) is 0 Å². The predicted molar refractivity (Wildman–Crippen MR) is 49.1 cm³/mol. The number of hydrogen-bond acceptors (Lipinski definition) is 3. The molecule has 11 heavy (non-hydrogen) atoms. The SMILES string of the molecule is COCC(=O)CCCCSC. The van der Waals surface area contributed by atoms with Gasteiger partial charge in [-0.3, -0.25) is 4.79 Å². The molecule has 0 aromatic heterocycles. The first-order chi connectivity index (χ1) is 5.31. The number of ether oxygens (including phenoxy) is 1. The van der Waals surface area contributed by atoms with Gasteiger partial charge in [-0.25, -0.2) is 0 Å². The summed E-state index contributed by atoms with van der Waals surface area (Å²) in [6, 6.07) is 0. The number of hydrogen-bond donors (Lipinski definition) is 0. The molecule has 2 nitrogen and oxygen atoms in total. The van der Waals surface area contributed by atoms with Crippen LogP contribution in [0.5, 0.6) is 0 Å². The molecule has 0 saturated heterocycles. The van der Waals surface area contributed by atoms with Crippen molar-refractivity contribution in [2.24, 2.45) is 0 Å². The molecule has 0 aliphatic heterocycles. The van der Waals surface area contributed by atoms with Crippen LogP contribution in [-0.2, 0) is 9.53 Å². The summed E-state index contributed by atoms with van der Waals surface area (Å²) in [6.07, 6.45) is 4.89. The molecule has 0 unspecified atom stereocenters. The Morgan fingerprint density at radius 2 is 2.18 bits per heavy atom. The first-order valence-electron chi connectivity index (χ1n) is 3.81. The van der Waals surface area contributed by atoms with Gasteiger partial charge in [0.25, 0.3) is 0 Å². The lowest BCUT2D eigenvalue weighted by atomic mass is 10.2. The second kappa shape index (κ2) is 8.08. The van der Waals surface area contributed by atoms with Gasteiger partial charge in [-0.1, -0.05) is 0 Å². The van der Waals surface area contributed by atoms with Crippen LogP contribution in [-0.4, -0.2) is 31.5 Å². The number of unbranched alkanes of at least 4 members (excludes halogenated alkanes) is 1. The molecule has 0 aromatic carbocycles. The molecular weight excluding hydrogens is 160 g/mol. The van der Waals surface area contributed by atoms with E-state index in [1.807, 2.05) is 11.8 Å². The summed E-state index contributed by atoms with van der Waals surface area (Å²) in [4.78, 5) is 10.9. The predicted octanol–water partition coefficient (Wildman–Crippen LogP) is 1.74. The third-order valence-electron chi connectivity index (χ3n) is 1.36. The van der Waals surface area contributed by atoms with Gasteiger partial charge in [-0.15, -0.1) is 0 Å². The van der Waals surface area contributed by atoms with Crippen molar-refractivity contribution < 1.29 is 9.53 Å². The summed E-state index contributed by atoms with van der Waals surface area (Å²) in [7, 11) is 1.56. The summed E-state index contributed by atoms with van der Waals surface area (Å²) in [5.74, 6) is 1.37. The number of rotatable bonds is 7. The Morgan fingerprint density at radius 3 is 2.73 bits per heavy atom. The number of thioether (sulfide) groups is 1. The Kier molecular flexibility index (Phi) is 8.07. The van der Waals surface area contributed by atoms with E-state index in [4.69, 9.17) is 4.74 Å². The summed E-state index contributed by atoms with van der Waals surface area (Å²) >= 11 is 1.82. The van der Waals surface area contributed by atoms with Crippen LogP contribution in [0.4, 0.5) is 0 Å². The largest absolute Gasteiger partial charge is 0.377 e. The highest BCUT2D eigenvalue weighted by Crippen LogP contribution is 2.02. The van der Waals surface area contributed by atoms with Gasteiger partial charge in [-0.2, -0.15) is 11.8 Å². The van der Waals surface area contributed by atoms with Crippen molar-refractivity contribution in [1.29, 1.82) is 0 Å². The van der Waals surface area contributed by atoms with Gasteiger partial charge in [-0.05, 0) is 24.9 Å². The molecular formula is C8H16O2S. The smallest absolute Gasteiger partial charge is 0.158 e. The van der Waals surface area contributed by atoms with E-state index in [2.05, 4.69) is 6.26 Å². The fraction of sp³-hybridized carbons (Fsp3) is 0.875. The Labute approximate surface area is 72.7 Å². The van der Waals surface area contributed by atoms with Gasteiger partial charge in [0.05, 0.1) is 0 Å². The number of carbonyl (C=O) groups excluding carboxylic acids is 1. The number of carbonyl (C=O) groups is 1. The van der Waals surface area contributed by atoms with Crippen molar-refractivity contribution in [3.63, 3.8) is 0 Å². The third-order valence-corrected chi connectivity index (χ3v) is 2.06. The molecule has 0 bridgehead atoms. The highest BCUT2D eigenvalue weighted by molar-refractivity contribution is 7.98. The van der Waals surface area contributed by atoms with Crippen LogP contribution in [0, 0.1) is 0 Å². The first-order valence-corrected chi connectivity index (χ1v) is 5.20. The maximum absolute atomic E-state index is 10.9. The molecule has 0 atom stereocenters. The maximum atomic E-state index is 10.9. The lowest BCUT2D eigenvalue weighted by Crippen LogP contribution is -2.05. The number of methoxy groups -OCH3 is 1. The molecule has 66 valence electrons. The van der Waals surface area contributed by atoms with E-state index in [9.17, 15) is 4.79 Å². The van der Waals surface area contributed by atoms with E-state index < -0.39 is 0 Å². The lowest BCUT2D eigenvalue weighted by molar-refractivity contribution is -0.122. The molecule has 0 aliphatic rings. The van der Waals surface area contributed by atoms with E-state index in [-0.39, 0.29) is 12.4 Å². The fourth-order valence-corrected chi connectivity index (χ4v) is 1.29. The summed E-state index contributed by atoms with van der Waals surface area (Å²) in [5.41, 5.74) is 0. The third kappa shape index (κ3) is 7.88. The maximum Gasteiger partial charge on any atom is 0.158 e.